The number of halogens is 1. The van der Waals surface area contributed by atoms with E-state index in [1.54, 1.807) is 54.6 Å². The van der Waals surface area contributed by atoms with Gasteiger partial charge in [0.1, 0.15) is 12.6 Å². The molecule has 3 rings (SSSR count). The van der Waals surface area contributed by atoms with Crippen molar-refractivity contribution in [3.8, 4) is 0 Å². The third kappa shape index (κ3) is 7.61. The maximum absolute atomic E-state index is 14.1. The summed E-state index contributed by atoms with van der Waals surface area (Å²) in [7, 11) is -4.10. The van der Waals surface area contributed by atoms with E-state index < -0.39 is 28.5 Å². The molecule has 0 aliphatic rings. The molecule has 1 atom stereocenters. The average Bonchev–Trinajstić information content (AvgIpc) is 2.92. The first-order valence-electron chi connectivity index (χ1n) is 13.1. The molecule has 0 radical (unpaired) electrons. The first-order valence-corrected chi connectivity index (χ1v) is 14.9. The largest absolute Gasteiger partial charge is 0.352 e. The molecule has 0 bridgehead atoms. The molecule has 0 unspecified atom stereocenters. The number of rotatable bonds is 12. The van der Waals surface area contributed by atoms with E-state index in [1.807, 2.05) is 39.8 Å². The summed E-state index contributed by atoms with van der Waals surface area (Å²) < 4.78 is 29.0. The number of anilines is 1. The summed E-state index contributed by atoms with van der Waals surface area (Å²) in [5, 5.41) is 3.45. The molecule has 1 N–H and O–H groups in total. The van der Waals surface area contributed by atoms with E-state index in [9.17, 15) is 18.0 Å². The van der Waals surface area contributed by atoms with E-state index in [0.29, 0.717) is 23.6 Å². The van der Waals surface area contributed by atoms with Gasteiger partial charge < -0.3 is 10.2 Å². The van der Waals surface area contributed by atoms with Gasteiger partial charge in [-0.05, 0) is 68.1 Å². The van der Waals surface area contributed by atoms with Crippen LogP contribution in [0.5, 0.6) is 0 Å². The summed E-state index contributed by atoms with van der Waals surface area (Å²) in [6.45, 7) is 7.13. The molecule has 0 aliphatic carbocycles. The van der Waals surface area contributed by atoms with Gasteiger partial charge in [0, 0.05) is 17.6 Å². The lowest BCUT2D eigenvalue weighted by molar-refractivity contribution is -0.140. The lowest BCUT2D eigenvalue weighted by atomic mass is 10.1. The highest BCUT2D eigenvalue weighted by Crippen LogP contribution is 2.28. The van der Waals surface area contributed by atoms with E-state index in [-0.39, 0.29) is 23.4 Å². The van der Waals surface area contributed by atoms with Gasteiger partial charge in [-0.15, -0.1) is 0 Å². The third-order valence-corrected chi connectivity index (χ3v) is 8.36. The van der Waals surface area contributed by atoms with Gasteiger partial charge in [-0.25, -0.2) is 8.42 Å². The molecule has 9 heteroatoms. The Morgan fingerprint density at radius 3 is 2.10 bits per heavy atom. The molecule has 39 heavy (non-hydrogen) atoms. The van der Waals surface area contributed by atoms with Crippen molar-refractivity contribution in [3.05, 3.63) is 95.0 Å². The minimum atomic E-state index is -4.10. The predicted molar refractivity (Wildman–Crippen MR) is 156 cm³/mol. The maximum atomic E-state index is 14.1. The lowest BCUT2D eigenvalue weighted by Gasteiger charge is -2.34. The Morgan fingerprint density at radius 1 is 0.897 bits per heavy atom. The average molecular weight is 570 g/mol. The van der Waals surface area contributed by atoms with Crippen LogP contribution in [0.3, 0.4) is 0 Å². The zero-order valence-corrected chi connectivity index (χ0v) is 24.4. The Morgan fingerprint density at radius 2 is 1.51 bits per heavy atom. The van der Waals surface area contributed by atoms with Crippen molar-refractivity contribution in [1.29, 1.82) is 0 Å². The summed E-state index contributed by atoms with van der Waals surface area (Å²) in [5.74, 6) is -0.776. The number of amides is 2. The van der Waals surface area contributed by atoms with Crippen molar-refractivity contribution < 1.29 is 18.0 Å². The molecule has 208 valence electrons. The van der Waals surface area contributed by atoms with Crippen LogP contribution < -0.4 is 9.62 Å². The molecule has 0 aromatic heterocycles. The van der Waals surface area contributed by atoms with Crippen LogP contribution in [0.25, 0.3) is 0 Å². The van der Waals surface area contributed by atoms with Gasteiger partial charge in [-0.1, -0.05) is 74.0 Å². The summed E-state index contributed by atoms with van der Waals surface area (Å²) in [5.41, 5.74) is 2.00. The number of nitrogens with zero attached hydrogens (tertiary/aromatic N) is 2. The number of carbonyl (C=O) groups is 2. The highest BCUT2D eigenvalue weighted by Gasteiger charge is 2.34. The number of hydrogen-bond acceptors (Lipinski definition) is 4. The number of sulfonamides is 1. The maximum Gasteiger partial charge on any atom is 0.264 e. The molecular weight excluding hydrogens is 534 g/mol. The molecule has 2 amide bonds. The van der Waals surface area contributed by atoms with Crippen molar-refractivity contribution in [2.24, 2.45) is 0 Å². The van der Waals surface area contributed by atoms with E-state index in [1.165, 1.54) is 17.0 Å². The first-order chi connectivity index (χ1) is 18.6. The highest BCUT2D eigenvalue weighted by molar-refractivity contribution is 7.92. The topological polar surface area (TPSA) is 86.8 Å². The fourth-order valence-electron chi connectivity index (χ4n) is 4.37. The van der Waals surface area contributed by atoms with Crippen LogP contribution in [0, 0.1) is 0 Å². The van der Waals surface area contributed by atoms with Crippen LogP contribution in [0.2, 0.25) is 5.02 Å². The quantitative estimate of drug-likeness (QED) is 0.315. The molecule has 3 aromatic rings. The normalized spacial score (nSPS) is 12.2. The fourth-order valence-corrected chi connectivity index (χ4v) is 5.97. The van der Waals surface area contributed by atoms with Crippen molar-refractivity contribution >= 4 is 39.1 Å². The Labute approximate surface area is 236 Å². The molecule has 3 aromatic carbocycles. The van der Waals surface area contributed by atoms with Crippen LogP contribution in [0.1, 0.15) is 45.2 Å². The van der Waals surface area contributed by atoms with Crippen LogP contribution >= 0.6 is 11.6 Å². The summed E-state index contributed by atoms with van der Waals surface area (Å²) in [6, 6.07) is 21.3. The van der Waals surface area contributed by atoms with Crippen LogP contribution in [0.15, 0.2) is 83.8 Å². The van der Waals surface area contributed by atoms with Gasteiger partial charge >= 0.3 is 0 Å². The zero-order valence-electron chi connectivity index (χ0n) is 22.8. The molecule has 0 aliphatic heterocycles. The molecule has 0 spiro atoms. The van der Waals surface area contributed by atoms with E-state index in [2.05, 4.69) is 5.32 Å². The second kappa shape index (κ2) is 13.6. The lowest BCUT2D eigenvalue weighted by Crippen LogP contribution is -2.53. The number of para-hydroxylation sites is 1. The predicted octanol–water partition coefficient (Wildman–Crippen LogP) is 5.43. The second-order valence-electron chi connectivity index (χ2n) is 9.54. The molecule has 0 heterocycles. The van der Waals surface area contributed by atoms with Crippen molar-refractivity contribution in [2.75, 3.05) is 10.8 Å². The van der Waals surface area contributed by atoms with Gasteiger partial charge in [0.15, 0.2) is 0 Å². The SMILES string of the molecule is CCc1ccccc1N(CC(=O)N(Cc1ccc(Cl)cc1)[C@@H](CC)C(=O)NC(C)C)S(=O)(=O)c1ccccc1. The van der Waals surface area contributed by atoms with Gasteiger partial charge in [-0.2, -0.15) is 0 Å². The highest BCUT2D eigenvalue weighted by atomic mass is 35.5. The molecule has 7 nitrogen and oxygen atoms in total. The van der Waals surface area contributed by atoms with Crippen molar-refractivity contribution in [1.82, 2.24) is 10.2 Å². The van der Waals surface area contributed by atoms with Gasteiger partial charge in [0.05, 0.1) is 10.6 Å². The van der Waals surface area contributed by atoms with Crippen LogP contribution in [0.4, 0.5) is 5.69 Å². The van der Waals surface area contributed by atoms with Crippen molar-refractivity contribution in [2.45, 2.75) is 64.1 Å². The Balaban J connectivity index is 2.08. The van der Waals surface area contributed by atoms with Gasteiger partial charge in [0.25, 0.3) is 10.0 Å². The number of hydrogen-bond donors (Lipinski definition) is 1. The summed E-state index contributed by atoms with van der Waals surface area (Å²) >= 11 is 6.06. The number of nitrogens with one attached hydrogen (secondary N) is 1. The number of carbonyl (C=O) groups excluding carboxylic acids is 2. The van der Waals surface area contributed by atoms with E-state index >= 15 is 0 Å². The van der Waals surface area contributed by atoms with E-state index in [4.69, 9.17) is 11.6 Å². The summed E-state index contributed by atoms with van der Waals surface area (Å²) in [4.78, 5) is 28.8. The molecule has 0 fully saturated rings. The third-order valence-electron chi connectivity index (χ3n) is 6.33. The zero-order chi connectivity index (χ0) is 28.6. The van der Waals surface area contributed by atoms with Gasteiger partial charge in [-0.3, -0.25) is 13.9 Å². The smallest absolute Gasteiger partial charge is 0.264 e. The first kappa shape index (κ1) is 30.2. The van der Waals surface area contributed by atoms with E-state index in [0.717, 1.165) is 15.4 Å². The monoisotopic (exact) mass is 569 g/mol. The summed E-state index contributed by atoms with van der Waals surface area (Å²) in [6.07, 6.45) is 0.933. The van der Waals surface area contributed by atoms with Crippen molar-refractivity contribution in [3.63, 3.8) is 0 Å². The number of aryl methyl sites for hydroxylation is 1. The second-order valence-corrected chi connectivity index (χ2v) is 11.8. The minimum Gasteiger partial charge on any atom is -0.352 e. The molecular formula is C30H36ClN3O4S. The Kier molecular flexibility index (Phi) is 10.5. The van der Waals surface area contributed by atoms with Crippen LogP contribution in [-0.4, -0.2) is 43.8 Å². The standard InChI is InChI=1S/C30H36ClN3O4S/c1-5-24-12-10-11-15-28(24)34(39(37,38)26-13-8-7-9-14-26)21-29(35)33(20-23-16-18-25(31)19-17-23)27(6-2)30(36)32-22(3)4/h7-19,22,27H,5-6,20-21H2,1-4H3,(H,32,36)/t27-/m0/s1. The Bertz CT molecular complexity index is 1360. The van der Waals surface area contributed by atoms with Gasteiger partial charge in [0.2, 0.25) is 11.8 Å². The minimum absolute atomic E-state index is 0.0811. The number of benzene rings is 3. The van der Waals surface area contributed by atoms with Crippen LogP contribution in [-0.2, 0) is 32.6 Å². The molecule has 0 saturated heterocycles. The Hall–Kier alpha value is -3.36. The fraction of sp³-hybridized carbons (Fsp3) is 0.333. The molecule has 0 saturated carbocycles.